The standard InChI is InChI=1S/C14H20N2O/c1-10-5-4-6-12(9-10)11(2)15-13-7-8-16(3)14(13)17/h4-6,9,11,13,15H,7-8H2,1-3H3. The lowest BCUT2D eigenvalue weighted by Gasteiger charge is -2.19. The highest BCUT2D eigenvalue weighted by atomic mass is 16.2. The number of rotatable bonds is 3. The molecule has 1 aliphatic heterocycles. The first-order valence-corrected chi connectivity index (χ1v) is 6.15. The van der Waals surface area contributed by atoms with Gasteiger partial charge in [0.15, 0.2) is 0 Å². The van der Waals surface area contributed by atoms with Crippen molar-refractivity contribution in [3.8, 4) is 0 Å². The van der Waals surface area contributed by atoms with Crippen molar-refractivity contribution in [1.29, 1.82) is 0 Å². The fraction of sp³-hybridized carbons (Fsp3) is 0.500. The fourth-order valence-corrected chi connectivity index (χ4v) is 2.31. The Morgan fingerprint density at radius 1 is 1.47 bits per heavy atom. The number of nitrogens with zero attached hydrogens (tertiary/aromatic N) is 1. The smallest absolute Gasteiger partial charge is 0.239 e. The minimum Gasteiger partial charge on any atom is -0.344 e. The lowest BCUT2D eigenvalue weighted by molar-refractivity contribution is -0.128. The second-order valence-corrected chi connectivity index (χ2v) is 4.90. The Morgan fingerprint density at radius 3 is 2.82 bits per heavy atom. The molecule has 0 aliphatic carbocycles. The first-order chi connectivity index (χ1) is 8.08. The summed E-state index contributed by atoms with van der Waals surface area (Å²) in [6.07, 6.45) is 0.908. The van der Waals surface area contributed by atoms with E-state index in [1.54, 1.807) is 4.90 Å². The van der Waals surface area contributed by atoms with Gasteiger partial charge in [0.25, 0.3) is 0 Å². The minimum atomic E-state index is -0.0180. The Labute approximate surface area is 103 Å². The molecule has 1 aromatic rings. The molecule has 0 aromatic heterocycles. The summed E-state index contributed by atoms with van der Waals surface area (Å²) in [7, 11) is 1.86. The van der Waals surface area contributed by atoms with E-state index in [0.717, 1.165) is 13.0 Å². The van der Waals surface area contributed by atoms with Crippen molar-refractivity contribution in [2.24, 2.45) is 0 Å². The van der Waals surface area contributed by atoms with Crippen LogP contribution in [0.5, 0.6) is 0 Å². The van der Waals surface area contributed by atoms with Crippen LogP contribution in [-0.4, -0.2) is 30.4 Å². The maximum absolute atomic E-state index is 11.8. The lowest BCUT2D eigenvalue weighted by atomic mass is 10.0. The number of carbonyl (C=O) groups excluding carboxylic acids is 1. The van der Waals surface area contributed by atoms with Gasteiger partial charge in [-0.2, -0.15) is 0 Å². The molecular weight excluding hydrogens is 212 g/mol. The van der Waals surface area contributed by atoms with E-state index in [4.69, 9.17) is 0 Å². The van der Waals surface area contributed by atoms with E-state index in [1.807, 2.05) is 7.05 Å². The number of likely N-dealkylation sites (tertiary alicyclic amines) is 1. The quantitative estimate of drug-likeness (QED) is 0.863. The van der Waals surface area contributed by atoms with E-state index >= 15 is 0 Å². The number of likely N-dealkylation sites (N-methyl/N-ethyl adjacent to an activating group) is 1. The molecule has 0 radical (unpaired) electrons. The molecule has 1 amide bonds. The van der Waals surface area contributed by atoms with Crippen molar-refractivity contribution >= 4 is 5.91 Å². The third-order valence-corrected chi connectivity index (χ3v) is 3.42. The summed E-state index contributed by atoms with van der Waals surface area (Å²) in [5.41, 5.74) is 2.50. The average Bonchev–Trinajstić information content (AvgIpc) is 2.61. The van der Waals surface area contributed by atoms with Gasteiger partial charge in [0.2, 0.25) is 5.91 Å². The van der Waals surface area contributed by atoms with Crippen molar-refractivity contribution in [2.45, 2.75) is 32.4 Å². The monoisotopic (exact) mass is 232 g/mol. The van der Waals surface area contributed by atoms with Crippen LogP contribution in [0, 0.1) is 6.92 Å². The van der Waals surface area contributed by atoms with E-state index in [0.29, 0.717) is 0 Å². The van der Waals surface area contributed by atoms with Crippen LogP contribution in [0.15, 0.2) is 24.3 Å². The normalized spacial score (nSPS) is 21.9. The van der Waals surface area contributed by atoms with Crippen LogP contribution in [0.4, 0.5) is 0 Å². The fourth-order valence-electron chi connectivity index (χ4n) is 2.31. The van der Waals surface area contributed by atoms with Crippen LogP contribution in [0.25, 0.3) is 0 Å². The van der Waals surface area contributed by atoms with Gasteiger partial charge in [0, 0.05) is 19.6 Å². The summed E-state index contributed by atoms with van der Waals surface area (Å²) in [5.74, 6) is 0.213. The van der Waals surface area contributed by atoms with Crippen LogP contribution in [-0.2, 0) is 4.79 Å². The SMILES string of the molecule is Cc1cccc(C(C)NC2CCN(C)C2=O)c1. The van der Waals surface area contributed by atoms with Crippen molar-refractivity contribution in [2.75, 3.05) is 13.6 Å². The molecule has 17 heavy (non-hydrogen) atoms. The van der Waals surface area contributed by atoms with E-state index in [1.165, 1.54) is 11.1 Å². The molecule has 0 bridgehead atoms. The molecule has 1 N–H and O–H groups in total. The maximum Gasteiger partial charge on any atom is 0.239 e. The first-order valence-electron chi connectivity index (χ1n) is 6.15. The molecule has 1 saturated heterocycles. The highest BCUT2D eigenvalue weighted by molar-refractivity contribution is 5.83. The van der Waals surface area contributed by atoms with Gasteiger partial charge in [0.1, 0.15) is 0 Å². The van der Waals surface area contributed by atoms with Crippen molar-refractivity contribution in [3.63, 3.8) is 0 Å². The predicted molar refractivity (Wildman–Crippen MR) is 68.8 cm³/mol. The predicted octanol–water partition coefficient (Wildman–Crippen LogP) is 1.88. The summed E-state index contributed by atoms with van der Waals surface area (Å²) in [4.78, 5) is 13.6. The minimum absolute atomic E-state index is 0.0180. The van der Waals surface area contributed by atoms with Gasteiger partial charge in [-0.05, 0) is 25.8 Å². The molecule has 0 saturated carbocycles. The van der Waals surface area contributed by atoms with Crippen LogP contribution in [0.3, 0.4) is 0 Å². The molecule has 3 nitrogen and oxygen atoms in total. The molecule has 1 fully saturated rings. The highest BCUT2D eigenvalue weighted by Crippen LogP contribution is 2.17. The lowest BCUT2D eigenvalue weighted by Crippen LogP contribution is -2.38. The van der Waals surface area contributed by atoms with Gasteiger partial charge in [-0.25, -0.2) is 0 Å². The number of hydrogen-bond donors (Lipinski definition) is 1. The second-order valence-electron chi connectivity index (χ2n) is 4.90. The molecular formula is C14H20N2O. The van der Waals surface area contributed by atoms with Crippen molar-refractivity contribution < 1.29 is 4.79 Å². The molecule has 1 aromatic carbocycles. The van der Waals surface area contributed by atoms with E-state index in [9.17, 15) is 4.79 Å². The maximum atomic E-state index is 11.8. The molecule has 3 heteroatoms. The number of nitrogens with one attached hydrogen (secondary N) is 1. The summed E-state index contributed by atoms with van der Waals surface area (Å²) >= 11 is 0. The van der Waals surface area contributed by atoms with E-state index in [-0.39, 0.29) is 18.0 Å². The second kappa shape index (κ2) is 4.88. The van der Waals surface area contributed by atoms with Gasteiger partial charge in [0.05, 0.1) is 6.04 Å². The van der Waals surface area contributed by atoms with Crippen LogP contribution in [0.2, 0.25) is 0 Å². The third-order valence-electron chi connectivity index (χ3n) is 3.42. The zero-order chi connectivity index (χ0) is 12.4. The largest absolute Gasteiger partial charge is 0.344 e. The average molecular weight is 232 g/mol. The molecule has 2 unspecified atom stereocenters. The summed E-state index contributed by atoms with van der Waals surface area (Å²) < 4.78 is 0. The summed E-state index contributed by atoms with van der Waals surface area (Å²) in [5, 5.41) is 3.41. The Hall–Kier alpha value is -1.35. The van der Waals surface area contributed by atoms with Gasteiger partial charge < -0.3 is 4.90 Å². The van der Waals surface area contributed by atoms with Gasteiger partial charge in [-0.15, -0.1) is 0 Å². The number of amides is 1. The topological polar surface area (TPSA) is 32.3 Å². The Morgan fingerprint density at radius 2 is 2.24 bits per heavy atom. The highest BCUT2D eigenvalue weighted by Gasteiger charge is 2.29. The molecule has 0 spiro atoms. The Kier molecular flexibility index (Phi) is 3.48. The Bertz CT molecular complexity index is 416. The molecule has 2 atom stereocenters. The van der Waals surface area contributed by atoms with Crippen LogP contribution >= 0.6 is 0 Å². The molecule has 92 valence electrons. The zero-order valence-corrected chi connectivity index (χ0v) is 10.7. The Balaban J connectivity index is 2.02. The van der Waals surface area contributed by atoms with E-state index < -0.39 is 0 Å². The van der Waals surface area contributed by atoms with Crippen molar-refractivity contribution in [3.05, 3.63) is 35.4 Å². The summed E-state index contributed by atoms with van der Waals surface area (Å²) in [6, 6.07) is 8.62. The number of benzene rings is 1. The zero-order valence-electron chi connectivity index (χ0n) is 10.7. The number of aryl methyl sites for hydroxylation is 1. The summed E-state index contributed by atoms with van der Waals surface area (Å²) in [6.45, 7) is 5.06. The van der Waals surface area contributed by atoms with E-state index in [2.05, 4.69) is 43.4 Å². The van der Waals surface area contributed by atoms with Gasteiger partial charge >= 0.3 is 0 Å². The third kappa shape index (κ3) is 2.67. The molecule has 1 aliphatic rings. The first kappa shape index (κ1) is 12.1. The van der Waals surface area contributed by atoms with Crippen LogP contribution in [0.1, 0.15) is 30.5 Å². The van der Waals surface area contributed by atoms with Crippen LogP contribution < -0.4 is 5.32 Å². The molecule has 2 rings (SSSR count). The number of carbonyl (C=O) groups is 1. The molecule has 1 heterocycles. The van der Waals surface area contributed by atoms with Gasteiger partial charge in [-0.1, -0.05) is 29.8 Å². The number of hydrogen-bond acceptors (Lipinski definition) is 2. The van der Waals surface area contributed by atoms with Gasteiger partial charge in [-0.3, -0.25) is 10.1 Å². The van der Waals surface area contributed by atoms with Crippen molar-refractivity contribution in [1.82, 2.24) is 10.2 Å².